The molecule has 1 aliphatic rings. The summed E-state index contributed by atoms with van der Waals surface area (Å²) >= 11 is 0. The third kappa shape index (κ3) is 4.03. The number of carbonyl (C=O) groups excluding carboxylic acids is 2. The summed E-state index contributed by atoms with van der Waals surface area (Å²) in [5, 5.41) is 8.26. The fourth-order valence-electron chi connectivity index (χ4n) is 3.09. The predicted octanol–water partition coefficient (Wildman–Crippen LogP) is 2.79. The number of carbonyl (C=O) groups is 2. The maximum absolute atomic E-state index is 12.2. The third-order valence-electron chi connectivity index (χ3n) is 4.50. The van der Waals surface area contributed by atoms with E-state index in [1.807, 2.05) is 25.1 Å². The Hall–Kier alpha value is -2.86. The van der Waals surface area contributed by atoms with Gasteiger partial charge in [-0.3, -0.25) is 4.79 Å². The maximum atomic E-state index is 12.2. The molecule has 0 aromatic heterocycles. The highest BCUT2D eigenvalue weighted by atomic mass is 16.5. The van der Waals surface area contributed by atoms with E-state index in [-0.39, 0.29) is 18.0 Å². The Morgan fingerprint density at radius 1 is 1.19 bits per heavy atom. The van der Waals surface area contributed by atoms with Crippen LogP contribution in [0.15, 0.2) is 42.5 Å². The summed E-state index contributed by atoms with van der Waals surface area (Å²) in [7, 11) is 1.59. The van der Waals surface area contributed by atoms with Gasteiger partial charge >= 0.3 is 6.03 Å². The second kappa shape index (κ2) is 8.01. The molecule has 26 heavy (non-hydrogen) atoms. The average Bonchev–Trinajstić information content (AvgIpc) is 2.67. The maximum Gasteiger partial charge on any atom is 0.319 e. The summed E-state index contributed by atoms with van der Waals surface area (Å²) in [6.07, 6.45) is 0.762. The Morgan fingerprint density at radius 3 is 2.77 bits per heavy atom. The first-order valence-corrected chi connectivity index (χ1v) is 8.65. The van der Waals surface area contributed by atoms with Crippen molar-refractivity contribution >= 4 is 17.6 Å². The molecule has 0 fully saturated rings. The highest BCUT2D eigenvalue weighted by Gasteiger charge is 2.21. The lowest BCUT2D eigenvalue weighted by Gasteiger charge is -2.26. The minimum absolute atomic E-state index is 0.137. The molecule has 2 aromatic carbocycles. The van der Waals surface area contributed by atoms with Crippen LogP contribution in [0, 0.1) is 6.92 Å². The second-order valence-corrected chi connectivity index (χ2v) is 6.25. The molecular weight excluding hydrogens is 330 g/mol. The number of nitrogens with one attached hydrogen (secondary N) is 3. The van der Waals surface area contributed by atoms with Gasteiger partial charge in [-0.25, -0.2) is 4.79 Å². The molecule has 0 saturated carbocycles. The van der Waals surface area contributed by atoms with Crippen LogP contribution >= 0.6 is 0 Å². The van der Waals surface area contributed by atoms with Crippen LogP contribution in [0.4, 0.5) is 10.5 Å². The molecule has 1 atom stereocenters. The molecule has 1 aliphatic heterocycles. The number of aryl methyl sites for hydroxylation is 1. The van der Waals surface area contributed by atoms with Crippen molar-refractivity contribution in [2.45, 2.75) is 19.4 Å². The van der Waals surface area contributed by atoms with Crippen molar-refractivity contribution in [3.05, 3.63) is 64.7 Å². The van der Waals surface area contributed by atoms with Crippen molar-refractivity contribution in [1.29, 1.82) is 0 Å². The zero-order chi connectivity index (χ0) is 18.5. The summed E-state index contributed by atoms with van der Waals surface area (Å²) in [4.78, 5) is 23.9. The van der Waals surface area contributed by atoms with Gasteiger partial charge < -0.3 is 20.7 Å². The van der Waals surface area contributed by atoms with E-state index in [2.05, 4.69) is 22.0 Å². The van der Waals surface area contributed by atoms with Gasteiger partial charge in [0.1, 0.15) is 6.10 Å². The summed E-state index contributed by atoms with van der Waals surface area (Å²) in [6, 6.07) is 13.0. The zero-order valence-electron chi connectivity index (χ0n) is 15.0. The standard InChI is InChI=1S/C20H23N3O3/c1-13-11-15(19(24)21-2)7-8-17(13)23-20(25)22-12-18-16-6-4-3-5-14(16)9-10-26-18/h3-8,11,18H,9-10,12H2,1-2H3,(H,21,24)(H2,22,23,25). The number of benzene rings is 2. The minimum Gasteiger partial charge on any atom is -0.371 e. The second-order valence-electron chi connectivity index (χ2n) is 6.25. The van der Waals surface area contributed by atoms with Gasteiger partial charge in [0, 0.05) is 24.8 Å². The van der Waals surface area contributed by atoms with Gasteiger partial charge in [0.2, 0.25) is 0 Å². The number of anilines is 1. The van der Waals surface area contributed by atoms with Gasteiger partial charge in [-0.1, -0.05) is 24.3 Å². The summed E-state index contributed by atoms with van der Waals surface area (Å²) in [5.41, 5.74) is 4.44. The van der Waals surface area contributed by atoms with Gasteiger partial charge in [-0.15, -0.1) is 0 Å². The van der Waals surface area contributed by atoms with Crippen molar-refractivity contribution in [3.63, 3.8) is 0 Å². The third-order valence-corrected chi connectivity index (χ3v) is 4.50. The molecule has 6 nitrogen and oxygen atoms in total. The van der Waals surface area contributed by atoms with Crippen LogP contribution in [0.25, 0.3) is 0 Å². The van der Waals surface area contributed by atoms with Gasteiger partial charge in [0.15, 0.2) is 0 Å². The van der Waals surface area contributed by atoms with Crippen LogP contribution in [0.5, 0.6) is 0 Å². The van der Waals surface area contributed by atoms with Crippen LogP contribution in [0.1, 0.15) is 33.2 Å². The molecule has 0 spiro atoms. The molecule has 0 bridgehead atoms. The summed E-state index contributed by atoms with van der Waals surface area (Å²) in [5.74, 6) is -0.155. The lowest BCUT2D eigenvalue weighted by Crippen LogP contribution is -2.34. The van der Waals surface area contributed by atoms with Crippen LogP contribution in [-0.4, -0.2) is 32.1 Å². The largest absolute Gasteiger partial charge is 0.371 e. The normalized spacial score (nSPS) is 15.7. The van der Waals surface area contributed by atoms with Gasteiger partial charge in [0.25, 0.3) is 5.91 Å². The van der Waals surface area contributed by atoms with E-state index in [1.165, 1.54) is 5.56 Å². The van der Waals surface area contributed by atoms with E-state index >= 15 is 0 Å². The van der Waals surface area contributed by atoms with Gasteiger partial charge in [-0.05, 0) is 48.2 Å². The van der Waals surface area contributed by atoms with Crippen LogP contribution in [-0.2, 0) is 11.2 Å². The van der Waals surface area contributed by atoms with E-state index < -0.39 is 0 Å². The molecular formula is C20H23N3O3. The molecule has 136 valence electrons. The fraction of sp³-hybridized carbons (Fsp3) is 0.300. The van der Waals surface area contributed by atoms with Crippen molar-refractivity contribution < 1.29 is 14.3 Å². The minimum atomic E-state index is -0.299. The molecule has 0 radical (unpaired) electrons. The van der Waals surface area contributed by atoms with Crippen molar-refractivity contribution in [3.8, 4) is 0 Å². The molecule has 0 aliphatic carbocycles. The molecule has 0 saturated heterocycles. The Bertz CT molecular complexity index is 820. The summed E-state index contributed by atoms with van der Waals surface area (Å²) in [6.45, 7) is 2.91. The van der Waals surface area contributed by atoms with E-state index in [0.29, 0.717) is 24.4 Å². The molecule has 3 rings (SSSR count). The average molecular weight is 353 g/mol. The van der Waals surface area contributed by atoms with E-state index in [1.54, 1.807) is 25.2 Å². The van der Waals surface area contributed by atoms with E-state index in [9.17, 15) is 9.59 Å². The van der Waals surface area contributed by atoms with E-state index in [4.69, 9.17) is 4.74 Å². The first kappa shape index (κ1) is 17.9. The first-order valence-electron chi connectivity index (χ1n) is 8.65. The lowest BCUT2D eigenvalue weighted by molar-refractivity contribution is 0.0444. The summed E-state index contributed by atoms with van der Waals surface area (Å²) < 4.78 is 5.80. The molecule has 1 heterocycles. The SMILES string of the molecule is CNC(=O)c1ccc(NC(=O)NCC2OCCc3ccccc32)c(C)c1. The smallest absolute Gasteiger partial charge is 0.319 e. The van der Waals surface area contributed by atoms with Gasteiger partial charge in [0.05, 0.1) is 6.61 Å². The monoisotopic (exact) mass is 353 g/mol. The number of rotatable bonds is 4. The van der Waals surface area contributed by atoms with Gasteiger partial charge in [-0.2, -0.15) is 0 Å². The Kier molecular flexibility index (Phi) is 5.53. The quantitative estimate of drug-likeness (QED) is 0.791. The van der Waals surface area contributed by atoms with Crippen LogP contribution in [0.3, 0.4) is 0 Å². The number of ether oxygens (including phenoxy) is 1. The van der Waals surface area contributed by atoms with Crippen molar-refractivity contribution in [1.82, 2.24) is 10.6 Å². The topological polar surface area (TPSA) is 79.5 Å². The molecule has 3 amide bonds. The zero-order valence-corrected chi connectivity index (χ0v) is 15.0. The lowest BCUT2D eigenvalue weighted by atomic mass is 9.98. The fourth-order valence-corrected chi connectivity index (χ4v) is 3.09. The van der Waals surface area contributed by atoms with Crippen LogP contribution < -0.4 is 16.0 Å². The van der Waals surface area contributed by atoms with Crippen molar-refractivity contribution in [2.75, 3.05) is 25.5 Å². The number of hydrogen-bond acceptors (Lipinski definition) is 3. The Labute approximate surface area is 152 Å². The molecule has 2 aromatic rings. The Morgan fingerprint density at radius 2 is 2.00 bits per heavy atom. The van der Waals surface area contributed by atoms with E-state index in [0.717, 1.165) is 17.5 Å². The van der Waals surface area contributed by atoms with Crippen molar-refractivity contribution in [2.24, 2.45) is 0 Å². The van der Waals surface area contributed by atoms with Crippen LogP contribution in [0.2, 0.25) is 0 Å². The Balaban J connectivity index is 1.59. The highest BCUT2D eigenvalue weighted by molar-refractivity contribution is 5.96. The number of hydrogen-bond donors (Lipinski definition) is 3. The molecule has 6 heteroatoms. The number of urea groups is 1. The highest BCUT2D eigenvalue weighted by Crippen LogP contribution is 2.26. The predicted molar refractivity (Wildman–Crippen MR) is 100 cm³/mol. The first-order chi connectivity index (χ1) is 12.6. The number of amides is 3. The molecule has 3 N–H and O–H groups in total. The number of fused-ring (bicyclic) bond motifs is 1. The molecule has 1 unspecified atom stereocenters.